The van der Waals surface area contributed by atoms with Gasteiger partial charge in [0.15, 0.2) is 0 Å². The number of nitrogens with zero attached hydrogens (tertiary/aromatic N) is 3. The van der Waals surface area contributed by atoms with Gasteiger partial charge in [-0.05, 0) is 122 Å². The standard InChI is InChI=1S/C108H111N3/c1-4-7-10-13-16-19-22-25-28-49-78-109-100-83-94(73-67-88-58-43-34-44-59-88)92(71-65-86-54-39-32-40-55-86)81-98(100)103-106(109)102-97-77-75-91(70-64-85-52-37-31-38-53-85)96(76-69-90-62-47-36-48-63-90)105(97)111(80-51-30-27-24-21-18-15-12-9-6-3)108(102)104-99-82-93(72-66-87-56-41-33-42-57-87)95(74-68-89-60-45-35-46-61-89)84-101(99)110(107(103)104)79-50-29-26-23-20-17-14-11-8-5-2/h31-48,52-63,75,77,81-84H,4-30,49-51,78-80H2,1-3H3. The van der Waals surface area contributed by atoms with Crippen LogP contribution in [0, 0.1) is 71.0 Å². The fourth-order valence-electron chi connectivity index (χ4n) is 16.3. The van der Waals surface area contributed by atoms with Gasteiger partial charge in [0, 0.05) is 113 Å². The maximum Gasteiger partial charge on any atom is 0.0664 e. The average molecular weight is 1450 g/mol. The van der Waals surface area contributed by atoms with E-state index in [-0.39, 0.29) is 0 Å². The summed E-state index contributed by atoms with van der Waals surface area (Å²) >= 11 is 0. The Morgan fingerprint density at radius 1 is 0.198 bits per heavy atom. The monoisotopic (exact) mass is 1450 g/mol. The highest BCUT2D eigenvalue weighted by molar-refractivity contribution is 6.40. The van der Waals surface area contributed by atoms with Crippen molar-refractivity contribution in [2.24, 2.45) is 0 Å². The molecule has 13 rings (SSSR count). The predicted molar refractivity (Wildman–Crippen MR) is 476 cm³/mol. The van der Waals surface area contributed by atoms with Gasteiger partial charge in [-0.15, -0.1) is 0 Å². The van der Waals surface area contributed by atoms with Crippen LogP contribution in [0.4, 0.5) is 0 Å². The van der Waals surface area contributed by atoms with Gasteiger partial charge in [0.05, 0.1) is 38.7 Å². The summed E-state index contributed by atoms with van der Waals surface area (Å²) in [4.78, 5) is 0. The normalized spacial score (nSPS) is 11.1. The number of unbranched alkanes of at least 4 members (excludes halogenated alkanes) is 27. The number of fused-ring (bicyclic) bond motifs is 12. The van der Waals surface area contributed by atoms with Gasteiger partial charge < -0.3 is 13.7 Å². The van der Waals surface area contributed by atoms with Crippen molar-refractivity contribution < 1.29 is 0 Å². The number of hydrogen-bond acceptors (Lipinski definition) is 0. The van der Waals surface area contributed by atoms with E-state index in [1.807, 2.05) is 0 Å². The van der Waals surface area contributed by atoms with Crippen molar-refractivity contribution in [3.05, 3.63) is 285 Å². The summed E-state index contributed by atoms with van der Waals surface area (Å²) in [6.45, 7) is 9.41. The molecule has 3 aromatic heterocycles. The zero-order valence-electron chi connectivity index (χ0n) is 66.5. The number of hydrogen-bond donors (Lipinski definition) is 0. The second kappa shape index (κ2) is 41.7. The molecule has 111 heavy (non-hydrogen) atoms. The smallest absolute Gasteiger partial charge is 0.0664 e. The molecule has 0 radical (unpaired) electrons. The summed E-state index contributed by atoms with van der Waals surface area (Å²) < 4.78 is 8.29. The molecule has 3 nitrogen and oxygen atoms in total. The van der Waals surface area contributed by atoms with Crippen molar-refractivity contribution in [2.45, 2.75) is 233 Å². The summed E-state index contributed by atoms with van der Waals surface area (Å²) in [5.74, 6) is 45.0. The number of benzene rings is 10. The molecule has 0 unspecified atom stereocenters. The SMILES string of the molecule is CCCCCCCCCCCCn1c2cc(C#Cc3ccccc3)c(C#Cc3ccccc3)cc2c2c1c1c3ccc(C#Cc4ccccc4)c(C#Cc4ccccc4)c3n(CCCCCCCCCCCC)c1c1c3cc(C#Cc4ccccc4)c(C#Cc4ccccc4)cc3n(CCCCCCCCCCCC)c21. The fourth-order valence-corrected chi connectivity index (χ4v) is 16.3. The molecule has 3 heteroatoms. The van der Waals surface area contributed by atoms with Crippen LogP contribution in [0.15, 0.2) is 218 Å². The van der Waals surface area contributed by atoms with E-state index in [9.17, 15) is 0 Å². The lowest BCUT2D eigenvalue weighted by Gasteiger charge is -2.14. The van der Waals surface area contributed by atoms with Crippen LogP contribution in [0.3, 0.4) is 0 Å². The molecule has 0 fully saturated rings. The lowest BCUT2D eigenvalue weighted by Crippen LogP contribution is -2.03. The third kappa shape index (κ3) is 20.7. The van der Waals surface area contributed by atoms with Gasteiger partial charge in [-0.3, -0.25) is 0 Å². The Kier molecular flexibility index (Phi) is 29.3. The molecule has 3 heterocycles. The highest BCUT2D eigenvalue weighted by Crippen LogP contribution is 2.50. The molecule has 558 valence electrons. The third-order valence-corrected chi connectivity index (χ3v) is 22.2. The summed E-state index contributed by atoms with van der Waals surface area (Å²) in [5, 5.41) is 7.32. The van der Waals surface area contributed by atoms with Gasteiger partial charge in [0.25, 0.3) is 0 Å². The van der Waals surface area contributed by atoms with Crippen molar-refractivity contribution in [1.29, 1.82) is 0 Å². The molecular formula is C108H111N3. The Morgan fingerprint density at radius 2 is 0.441 bits per heavy atom. The second-order valence-corrected chi connectivity index (χ2v) is 30.6. The zero-order chi connectivity index (χ0) is 75.9. The molecule has 0 N–H and O–H groups in total. The Bertz CT molecular complexity index is 5550. The van der Waals surface area contributed by atoms with E-state index in [0.717, 1.165) is 130 Å². The number of aryl methyl sites for hydroxylation is 3. The first kappa shape index (κ1) is 78.1. The van der Waals surface area contributed by atoms with Gasteiger partial charge in [-0.25, -0.2) is 0 Å². The van der Waals surface area contributed by atoms with Crippen LogP contribution in [0.2, 0.25) is 0 Å². The van der Waals surface area contributed by atoms with Gasteiger partial charge in [-0.1, -0.05) is 380 Å². The number of aromatic nitrogens is 3. The molecule has 0 aliphatic rings. The van der Waals surface area contributed by atoms with E-state index >= 15 is 0 Å². The van der Waals surface area contributed by atoms with E-state index in [0.29, 0.717) is 0 Å². The predicted octanol–water partition coefficient (Wildman–Crippen LogP) is 28.2. The van der Waals surface area contributed by atoms with E-state index in [4.69, 9.17) is 0 Å². The van der Waals surface area contributed by atoms with Crippen molar-refractivity contribution in [2.75, 3.05) is 0 Å². The average Bonchev–Trinajstić information content (AvgIpc) is 1.51. The molecule has 0 bridgehead atoms. The van der Waals surface area contributed by atoms with Crippen LogP contribution in [0.5, 0.6) is 0 Å². The van der Waals surface area contributed by atoms with E-state index in [2.05, 4.69) is 324 Å². The summed E-state index contributed by atoms with van der Waals surface area (Å²) in [5.41, 5.74) is 18.6. The zero-order valence-corrected chi connectivity index (χ0v) is 66.5. The largest absolute Gasteiger partial charge is 0.340 e. The van der Waals surface area contributed by atoms with Crippen molar-refractivity contribution >= 4 is 65.4 Å². The minimum atomic E-state index is 0.802. The summed E-state index contributed by atoms with van der Waals surface area (Å²) in [6.07, 6.45) is 37.5. The highest BCUT2D eigenvalue weighted by Gasteiger charge is 2.30. The molecule has 0 saturated carbocycles. The Morgan fingerprint density at radius 3 is 0.748 bits per heavy atom. The summed E-state index contributed by atoms with van der Waals surface area (Å²) in [7, 11) is 0. The lowest BCUT2D eigenvalue weighted by molar-refractivity contribution is 0.541. The molecule has 0 atom stereocenters. The first-order valence-corrected chi connectivity index (χ1v) is 42.6. The van der Waals surface area contributed by atoms with Gasteiger partial charge >= 0.3 is 0 Å². The molecular weight excluding hydrogens is 1340 g/mol. The molecule has 10 aromatic carbocycles. The molecule has 0 spiro atoms. The van der Waals surface area contributed by atoms with Gasteiger partial charge in [0.1, 0.15) is 0 Å². The molecule has 0 saturated heterocycles. The minimum Gasteiger partial charge on any atom is -0.340 e. The fraction of sp³-hybridized carbons (Fsp3) is 0.333. The third-order valence-electron chi connectivity index (χ3n) is 22.2. The molecule has 13 aromatic rings. The van der Waals surface area contributed by atoms with E-state index in [1.165, 1.54) is 214 Å². The number of rotatable bonds is 33. The van der Waals surface area contributed by atoms with Crippen molar-refractivity contribution in [3.8, 4) is 71.0 Å². The molecule has 0 aliphatic carbocycles. The van der Waals surface area contributed by atoms with E-state index in [1.54, 1.807) is 0 Å². The van der Waals surface area contributed by atoms with Gasteiger partial charge in [-0.2, -0.15) is 0 Å². The quantitative estimate of drug-likeness (QED) is 0.0288. The van der Waals surface area contributed by atoms with Gasteiger partial charge in [0.2, 0.25) is 0 Å². The first-order valence-electron chi connectivity index (χ1n) is 42.6. The lowest BCUT2D eigenvalue weighted by atomic mass is 9.97. The van der Waals surface area contributed by atoms with Crippen LogP contribution in [-0.2, 0) is 19.6 Å². The summed E-state index contributed by atoms with van der Waals surface area (Å²) in [6, 6.07) is 77.4. The maximum absolute atomic E-state index is 3.96. The van der Waals surface area contributed by atoms with Crippen LogP contribution in [0.25, 0.3) is 65.4 Å². The Balaban J connectivity index is 1.17. The molecule has 0 amide bonds. The topological polar surface area (TPSA) is 14.8 Å². The first-order chi connectivity index (χ1) is 55.1. The Hall–Kier alpha value is -11.0. The van der Waals surface area contributed by atoms with Crippen LogP contribution < -0.4 is 0 Å². The maximum atomic E-state index is 3.96. The van der Waals surface area contributed by atoms with Crippen molar-refractivity contribution in [3.63, 3.8) is 0 Å². The van der Waals surface area contributed by atoms with E-state index < -0.39 is 0 Å². The molecule has 0 aliphatic heterocycles. The van der Waals surface area contributed by atoms with Crippen LogP contribution in [-0.4, -0.2) is 13.7 Å². The highest BCUT2D eigenvalue weighted by atomic mass is 15.0. The van der Waals surface area contributed by atoms with Crippen molar-refractivity contribution in [1.82, 2.24) is 13.7 Å². The minimum absolute atomic E-state index is 0.802. The Labute approximate surface area is 664 Å². The van der Waals surface area contributed by atoms with Crippen LogP contribution >= 0.6 is 0 Å². The second-order valence-electron chi connectivity index (χ2n) is 30.6. The van der Waals surface area contributed by atoms with Crippen LogP contribution in [0.1, 0.15) is 280 Å².